The lowest BCUT2D eigenvalue weighted by Crippen LogP contribution is -2.16. The van der Waals surface area contributed by atoms with Gasteiger partial charge in [0.05, 0.1) is 0 Å². The zero-order chi connectivity index (χ0) is 25.3. The lowest BCUT2D eigenvalue weighted by Gasteiger charge is -2.17. The van der Waals surface area contributed by atoms with Crippen molar-refractivity contribution in [2.75, 3.05) is 0 Å². The predicted octanol–water partition coefficient (Wildman–Crippen LogP) is 7.88. The molecule has 2 unspecified atom stereocenters. The van der Waals surface area contributed by atoms with Crippen LogP contribution in [0.25, 0.3) is 0 Å². The number of rotatable bonds is 18. The van der Waals surface area contributed by atoms with Crippen molar-refractivity contribution in [1.29, 1.82) is 0 Å². The number of hydrogen-bond donors (Lipinski definition) is 0. The highest BCUT2D eigenvalue weighted by Crippen LogP contribution is 2.23. The van der Waals surface area contributed by atoms with Gasteiger partial charge in [0.2, 0.25) is 0 Å². The molecule has 6 heteroatoms. The van der Waals surface area contributed by atoms with E-state index < -0.39 is 0 Å². The molecule has 6 nitrogen and oxygen atoms in total. The molecule has 0 aromatic carbocycles. The maximum atomic E-state index is 11.8. The Morgan fingerprint density at radius 2 is 0.939 bits per heavy atom. The number of carbonyl (C=O) groups excluding carboxylic acids is 2. The Labute approximate surface area is 203 Å². The maximum Gasteiger partial charge on any atom is 0.342 e. The van der Waals surface area contributed by atoms with Gasteiger partial charge in [-0.05, 0) is 69.6 Å². The Bertz CT molecular complexity index is 472. The minimum atomic E-state index is -0.306. The summed E-state index contributed by atoms with van der Waals surface area (Å²) in [6.07, 6.45) is 11.0. The molecule has 0 aromatic rings. The van der Waals surface area contributed by atoms with Crippen LogP contribution in [0.4, 0.5) is 0 Å². The molecule has 0 bridgehead atoms. The number of carbonyl (C=O) groups is 2. The average Bonchev–Trinajstić information content (AvgIpc) is 2.68. The molecule has 0 heterocycles. The van der Waals surface area contributed by atoms with E-state index in [2.05, 4.69) is 41.5 Å². The van der Waals surface area contributed by atoms with Crippen LogP contribution < -0.4 is 0 Å². The predicted molar refractivity (Wildman–Crippen MR) is 132 cm³/mol. The van der Waals surface area contributed by atoms with E-state index in [0.29, 0.717) is 23.7 Å². The van der Waals surface area contributed by atoms with Crippen LogP contribution in [0.3, 0.4) is 0 Å². The van der Waals surface area contributed by atoms with E-state index in [1.807, 2.05) is 13.8 Å². The van der Waals surface area contributed by atoms with Gasteiger partial charge in [0, 0.05) is 12.8 Å². The lowest BCUT2D eigenvalue weighted by molar-refractivity contribution is -0.300. The SMILES string of the molecule is CC(CCCC(C)OOC(=O)CCCCCC(C)(C)C)OOC(=O)CCCCCC(C)(C)C. The molecular weight excluding hydrogens is 420 g/mol. The molecule has 0 rings (SSSR count). The highest BCUT2D eigenvalue weighted by Gasteiger charge is 2.14. The van der Waals surface area contributed by atoms with Crippen molar-refractivity contribution >= 4 is 11.9 Å². The van der Waals surface area contributed by atoms with E-state index in [0.717, 1.165) is 70.6 Å². The first kappa shape index (κ1) is 31.9. The minimum Gasteiger partial charge on any atom is -0.298 e. The molecule has 0 spiro atoms. The van der Waals surface area contributed by atoms with Crippen molar-refractivity contribution in [2.45, 2.75) is 151 Å². The Hall–Kier alpha value is -1.14. The lowest BCUT2D eigenvalue weighted by atomic mass is 9.89. The van der Waals surface area contributed by atoms with Gasteiger partial charge in [0.15, 0.2) is 0 Å². The smallest absolute Gasteiger partial charge is 0.298 e. The second kappa shape index (κ2) is 17.3. The quantitative estimate of drug-likeness (QED) is 0.115. The van der Waals surface area contributed by atoms with E-state index in [1.54, 1.807) is 0 Å². The third-order valence-electron chi connectivity index (χ3n) is 5.45. The fourth-order valence-corrected chi connectivity index (χ4v) is 3.35. The van der Waals surface area contributed by atoms with E-state index in [-0.39, 0.29) is 24.1 Å². The zero-order valence-corrected chi connectivity index (χ0v) is 22.8. The molecule has 0 radical (unpaired) electrons. The third-order valence-corrected chi connectivity index (χ3v) is 5.45. The summed E-state index contributed by atoms with van der Waals surface area (Å²) in [6, 6.07) is 0. The van der Waals surface area contributed by atoms with Crippen LogP contribution in [-0.4, -0.2) is 24.1 Å². The highest BCUT2D eigenvalue weighted by molar-refractivity contribution is 5.68. The van der Waals surface area contributed by atoms with Gasteiger partial charge in [-0.3, -0.25) is 9.78 Å². The molecule has 33 heavy (non-hydrogen) atoms. The van der Waals surface area contributed by atoms with Gasteiger partial charge in [0.1, 0.15) is 12.2 Å². The molecule has 0 saturated carbocycles. The summed E-state index contributed by atoms with van der Waals surface area (Å²) in [7, 11) is 0. The van der Waals surface area contributed by atoms with Gasteiger partial charge < -0.3 is 0 Å². The monoisotopic (exact) mass is 472 g/mol. The van der Waals surface area contributed by atoms with E-state index in [1.165, 1.54) is 0 Å². The summed E-state index contributed by atoms with van der Waals surface area (Å²) in [4.78, 5) is 43.8. The summed E-state index contributed by atoms with van der Waals surface area (Å²) in [5.74, 6) is -0.612. The summed E-state index contributed by atoms with van der Waals surface area (Å²) in [6.45, 7) is 17.1. The molecule has 0 aliphatic carbocycles. The number of unbranched alkanes of at least 4 members (excludes halogenated alkanes) is 4. The van der Waals surface area contributed by atoms with Gasteiger partial charge in [-0.1, -0.05) is 67.2 Å². The number of hydrogen-bond acceptors (Lipinski definition) is 6. The Morgan fingerprint density at radius 3 is 1.27 bits per heavy atom. The van der Waals surface area contributed by atoms with E-state index in [4.69, 9.17) is 19.6 Å². The van der Waals surface area contributed by atoms with Crippen LogP contribution in [0.5, 0.6) is 0 Å². The molecule has 0 amide bonds. The van der Waals surface area contributed by atoms with Gasteiger partial charge >= 0.3 is 11.9 Å². The largest absolute Gasteiger partial charge is 0.342 e. The fraction of sp³-hybridized carbons (Fsp3) is 0.926. The molecule has 0 aromatic heterocycles. The van der Waals surface area contributed by atoms with Gasteiger partial charge in [-0.15, -0.1) is 0 Å². The molecule has 196 valence electrons. The minimum absolute atomic E-state index is 0.183. The van der Waals surface area contributed by atoms with Crippen molar-refractivity contribution in [3.8, 4) is 0 Å². The molecular formula is C27H52O6. The Kier molecular flexibility index (Phi) is 16.7. The Morgan fingerprint density at radius 1 is 0.576 bits per heavy atom. The second-order valence-electron chi connectivity index (χ2n) is 11.9. The van der Waals surface area contributed by atoms with Gasteiger partial charge in [0.25, 0.3) is 0 Å². The highest BCUT2D eigenvalue weighted by atomic mass is 17.2. The van der Waals surface area contributed by atoms with Crippen molar-refractivity contribution in [3.05, 3.63) is 0 Å². The van der Waals surface area contributed by atoms with Crippen LogP contribution in [0.2, 0.25) is 0 Å². The molecule has 0 fully saturated rings. The van der Waals surface area contributed by atoms with Gasteiger partial charge in [-0.25, -0.2) is 9.59 Å². The van der Waals surface area contributed by atoms with Crippen molar-refractivity contribution in [1.82, 2.24) is 0 Å². The molecule has 0 N–H and O–H groups in total. The van der Waals surface area contributed by atoms with Crippen LogP contribution >= 0.6 is 0 Å². The summed E-state index contributed by atoms with van der Waals surface area (Å²) < 4.78 is 0. The van der Waals surface area contributed by atoms with E-state index in [9.17, 15) is 9.59 Å². The third kappa shape index (κ3) is 23.8. The molecule has 0 aliphatic rings. The molecule has 2 atom stereocenters. The first-order valence-electron chi connectivity index (χ1n) is 13.0. The Balaban J connectivity index is 3.67. The van der Waals surface area contributed by atoms with E-state index >= 15 is 0 Å². The van der Waals surface area contributed by atoms with Crippen LogP contribution in [0.15, 0.2) is 0 Å². The van der Waals surface area contributed by atoms with Crippen LogP contribution in [0.1, 0.15) is 139 Å². The second-order valence-corrected chi connectivity index (χ2v) is 11.9. The zero-order valence-electron chi connectivity index (χ0n) is 22.8. The first-order chi connectivity index (χ1) is 15.3. The van der Waals surface area contributed by atoms with Crippen molar-refractivity contribution in [2.24, 2.45) is 10.8 Å². The van der Waals surface area contributed by atoms with Crippen molar-refractivity contribution < 1.29 is 29.1 Å². The van der Waals surface area contributed by atoms with Gasteiger partial charge in [-0.2, -0.15) is 9.78 Å². The first-order valence-corrected chi connectivity index (χ1v) is 13.0. The summed E-state index contributed by atoms with van der Waals surface area (Å²) in [5, 5.41) is 0. The summed E-state index contributed by atoms with van der Waals surface area (Å²) >= 11 is 0. The fourth-order valence-electron chi connectivity index (χ4n) is 3.35. The van der Waals surface area contributed by atoms with Crippen LogP contribution in [-0.2, 0) is 29.1 Å². The molecule has 0 aliphatic heterocycles. The van der Waals surface area contributed by atoms with Crippen LogP contribution in [0, 0.1) is 10.8 Å². The normalized spacial score (nSPS) is 14.1. The molecule has 0 saturated heterocycles. The standard InChI is InChI=1S/C27H52O6/c1-22(30-32-24(28)18-11-9-13-20-26(3,4)5)16-15-17-23(2)31-33-25(29)19-12-10-14-21-27(6,7)8/h22-23H,9-21H2,1-8H3. The maximum absolute atomic E-state index is 11.8. The summed E-state index contributed by atoms with van der Waals surface area (Å²) in [5.41, 5.74) is 0.684. The topological polar surface area (TPSA) is 71.1 Å². The van der Waals surface area contributed by atoms with Crippen molar-refractivity contribution in [3.63, 3.8) is 0 Å². The average molecular weight is 473 g/mol.